The summed E-state index contributed by atoms with van der Waals surface area (Å²) in [5.74, 6) is -0.656. The third-order valence-electron chi connectivity index (χ3n) is 7.07. The number of aromatic nitrogens is 5. The van der Waals surface area contributed by atoms with Crippen molar-refractivity contribution in [1.29, 1.82) is 0 Å². The molecule has 0 unspecified atom stereocenters. The number of halogens is 3. The van der Waals surface area contributed by atoms with Gasteiger partial charge in [-0.05, 0) is 49.2 Å². The van der Waals surface area contributed by atoms with Crippen molar-refractivity contribution in [2.45, 2.75) is 33.5 Å². The summed E-state index contributed by atoms with van der Waals surface area (Å²) in [6.45, 7) is 6.11. The molecule has 7 nitrogen and oxygen atoms in total. The van der Waals surface area contributed by atoms with Crippen molar-refractivity contribution in [3.05, 3.63) is 113 Å². The Hall–Kier alpha value is -4.99. The lowest BCUT2D eigenvalue weighted by atomic mass is 10.0. The molecule has 10 heteroatoms. The molecular weight excluding hydrogens is 529 g/mol. The molecule has 41 heavy (non-hydrogen) atoms. The van der Waals surface area contributed by atoms with Gasteiger partial charge in [-0.25, -0.2) is 9.50 Å². The number of anilines is 1. The van der Waals surface area contributed by atoms with E-state index in [4.69, 9.17) is 0 Å². The molecule has 0 fully saturated rings. The van der Waals surface area contributed by atoms with Crippen molar-refractivity contribution in [3.63, 3.8) is 0 Å². The molecule has 6 rings (SSSR count). The second-order valence-electron chi connectivity index (χ2n) is 10.0. The van der Waals surface area contributed by atoms with E-state index in [0.717, 1.165) is 28.0 Å². The predicted molar refractivity (Wildman–Crippen MR) is 151 cm³/mol. The molecule has 0 atom stereocenters. The molecule has 0 bridgehead atoms. The van der Waals surface area contributed by atoms with E-state index < -0.39 is 17.8 Å². The second-order valence-corrected chi connectivity index (χ2v) is 10.0. The number of alkyl halides is 3. The molecule has 0 saturated carbocycles. The molecule has 0 aliphatic rings. The highest BCUT2D eigenvalue weighted by Crippen LogP contribution is 2.33. The Morgan fingerprint density at radius 3 is 2.34 bits per heavy atom. The number of carbonyl (C=O) groups is 1. The number of rotatable bonds is 5. The third-order valence-corrected chi connectivity index (χ3v) is 7.07. The lowest BCUT2D eigenvalue weighted by Crippen LogP contribution is -2.16. The van der Waals surface area contributed by atoms with Crippen molar-refractivity contribution in [1.82, 2.24) is 24.4 Å². The Labute approximate surface area is 233 Å². The summed E-state index contributed by atoms with van der Waals surface area (Å²) in [7, 11) is 0. The largest absolute Gasteiger partial charge is 0.433 e. The molecule has 3 aromatic heterocycles. The van der Waals surface area contributed by atoms with Crippen LogP contribution in [0.3, 0.4) is 0 Å². The van der Waals surface area contributed by atoms with Crippen LogP contribution in [0.25, 0.3) is 27.7 Å². The number of carbonyl (C=O) groups excluding carboxylic acids is 1. The number of aryl methyl sites for hydroxylation is 2. The molecule has 3 heterocycles. The van der Waals surface area contributed by atoms with Crippen LogP contribution < -0.4 is 5.32 Å². The minimum atomic E-state index is -4.73. The topological polar surface area (TPSA) is 77.1 Å². The molecule has 0 spiro atoms. The van der Waals surface area contributed by atoms with E-state index in [1.54, 1.807) is 23.7 Å². The van der Waals surface area contributed by atoms with Crippen LogP contribution in [0.5, 0.6) is 0 Å². The molecule has 206 valence electrons. The third kappa shape index (κ3) is 5.04. The second kappa shape index (κ2) is 9.88. The van der Waals surface area contributed by atoms with Crippen molar-refractivity contribution in [2.75, 3.05) is 5.32 Å². The Bertz CT molecular complexity index is 1940. The van der Waals surface area contributed by atoms with Crippen LogP contribution in [0.4, 0.5) is 18.9 Å². The highest BCUT2D eigenvalue weighted by Gasteiger charge is 2.36. The smallest absolute Gasteiger partial charge is 0.317 e. The van der Waals surface area contributed by atoms with E-state index >= 15 is 0 Å². The molecule has 6 aromatic rings. The van der Waals surface area contributed by atoms with Crippen LogP contribution in [0, 0.1) is 20.8 Å². The number of benzene rings is 3. The zero-order valence-corrected chi connectivity index (χ0v) is 22.5. The zero-order chi connectivity index (χ0) is 28.9. The van der Waals surface area contributed by atoms with Crippen LogP contribution in [0.15, 0.2) is 78.9 Å². The van der Waals surface area contributed by atoms with Crippen LogP contribution in [-0.4, -0.2) is 30.3 Å². The van der Waals surface area contributed by atoms with Gasteiger partial charge >= 0.3 is 6.18 Å². The first-order chi connectivity index (χ1) is 19.6. The van der Waals surface area contributed by atoms with Gasteiger partial charge < -0.3 is 5.32 Å². The fraction of sp³-hybridized carbons (Fsp3) is 0.161. The van der Waals surface area contributed by atoms with Crippen molar-refractivity contribution in [2.24, 2.45) is 0 Å². The number of amides is 1. The van der Waals surface area contributed by atoms with Crippen LogP contribution in [0.1, 0.15) is 38.7 Å². The number of hydrogen-bond acceptors (Lipinski definition) is 4. The summed E-state index contributed by atoms with van der Waals surface area (Å²) in [6.07, 6.45) is -4.73. The molecule has 0 saturated heterocycles. The van der Waals surface area contributed by atoms with Gasteiger partial charge in [-0.2, -0.15) is 23.4 Å². The van der Waals surface area contributed by atoms with Gasteiger partial charge in [0, 0.05) is 11.6 Å². The fourth-order valence-corrected chi connectivity index (χ4v) is 4.86. The first-order valence-corrected chi connectivity index (χ1v) is 12.9. The average Bonchev–Trinajstić information content (AvgIpc) is 3.49. The number of nitrogens with zero attached hydrogens (tertiary/aromatic N) is 5. The van der Waals surface area contributed by atoms with Gasteiger partial charge in [-0.3, -0.25) is 9.48 Å². The highest BCUT2D eigenvalue weighted by atomic mass is 19.4. The first-order valence-electron chi connectivity index (χ1n) is 12.9. The summed E-state index contributed by atoms with van der Waals surface area (Å²) < 4.78 is 44.8. The standard InChI is InChI=1S/C31H25F3N6O/c1-18-8-10-21(11-9-18)17-39-20(3)29(19(2)37-39)36-30(41)26-16-28-35-25(15-27(31(32,33)34)40(28)38-26)24-13-12-22-6-4-5-7-23(22)14-24/h4-16H,17H2,1-3H3,(H,36,41). The van der Waals surface area contributed by atoms with Crippen molar-refractivity contribution >= 4 is 28.0 Å². The Kier molecular flexibility index (Phi) is 6.33. The first kappa shape index (κ1) is 26.2. The number of nitrogens with one attached hydrogen (secondary N) is 1. The quantitative estimate of drug-likeness (QED) is 0.249. The number of hydrogen-bond donors (Lipinski definition) is 1. The lowest BCUT2D eigenvalue weighted by Gasteiger charge is -2.11. The van der Waals surface area contributed by atoms with Gasteiger partial charge in [-0.1, -0.05) is 66.2 Å². The summed E-state index contributed by atoms with van der Waals surface area (Å²) in [6, 6.07) is 23.2. The van der Waals surface area contributed by atoms with Gasteiger partial charge in [0.25, 0.3) is 5.91 Å². The molecule has 3 aromatic carbocycles. The Morgan fingerprint density at radius 1 is 0.878 bits per heavy atom. The van der Waals surface area contributed by atoms with E-state index in [2.05, 4.69) is 20.5 Å². The minimum Gasteiger partial charge on any atom is -0.317 e. The monoisotopic (exact) mass is 554 g/mol. The zero-order valence-electron chi connectivity index (χ0n) is 22.5. The van der Waals surface area contributed by atoms with Crippen LogP contribution in [0.2, 0.25) is 0 Å². The molecule has 0 aliphatic heterocycles. The maximum atomic E-state index is 14.1. The van der Waals surface area contributed by atoms with E-state index in [-0.39, 0.29) is 17.0 Å². The summed E-state index contributed by atoms with van der Waals surface area (Å²) in [4.78, 5) is 17.7. The summed E-state index contributed by atoms with van der Waals surface area (Å²) >= 11 is 0. The maximum absolute atomic E-state index is 14.1. The Balaban J connectivity index is 1.34. The highest BCUT2D eigenvalue weighted by molar-refractivity contribution is 6.04. The normalized spacial score (nSPS) is 11.9. The van der Waals surface area contributed by atoms with E-state index in [1.807, 2.05) is 68.4 Å². The predicted octanol–water partition coefficient (Wildman–Crippen LogP) is 6.99. The van der Waals surface area contributed by atoms with Gasteiger partial charge in [0.1, 0.15) is 0 Å². The van der Waals surface area contributed by atoms with E-state index in [9.17, 15) is 18.0 Å². The summed E-state index contributed by atoms with van der Waals surface area (Å²) in [5, 5.41) is 13.2. The van der Waals surface area contributed by atoms with Crippen molar-refractivity contribution < 1.29 is 18.0 Å². The summed E-state index contributed by atoms with van der Waals surface area (Å²) in [5.41, 5.74) is 3.33. The fourth-order valence-electron chi connectivity index (χ4n) is 4.86. The molecule has 1 amide bonds. The minimum absolute atomic E-state index is 0.0864. The van der Waals surface area contributed by atoms with E-state index in [0.29, 0.717) is 33.7 Å². The molecule has 0 aliphatic carbocycles. The molecular formula is C31H25F3N6O. The average molecular weight is 555 g/mol. The van der Waals surface area contributed by atoms with Gasteiger partial charge in [-0.15, -0.1) is 0 Å². The van der Waals surface area contributed by atoms with Crippen LogP contribution >= 0.6 is 0 Å². The van der Waals surface area contributed by atoms with Gasteiger partial charge in [0.15, 0.2) is 17.0 Å². The molecule has 0 radical (unpaired) electrons. The van der Waals surface area contributed by atoms with Crippen LogP contribution in [-0.2, 0) is 12.7 Å². The van der Waals surface area contributed by atoms with Gasteiger partial charge in [0.2, 0.25) is 0 Å². The maximum Gasteiger partial charge on any atom is 0.433 e. The van der Waals surface area contributed by atoms with Gasteiger partial charge in [0.05, 0.1) is 29.3 Å². The van der Waals surface area contributed by atoms with Crippen molar-refractivity contribution in [3.8, 4) is 11.3 Å². The van der Waals surface area contributed by atoms with E-state index in [1.165, 1.54) is 6.07 Å². The molecule has 1 N–H and O–H groups in total. The SMILES string of the molecule is Cc1ccc(Cn2nc(C)c(NC(=O)c3cc4nc(-c5ccc6ccccc6c5)cc(C(F)(F)F)n4n3)c2C)cc1. The Morgan fingerprint density at radius 2 is 1.61 bits per heavy atom. The lowest BCUT2D eigenvalue weighted by molar-refractivity contribution is -0.142. The number of fused-ring (bicyclic) bond motifs is 2.